The van der Waals surface area contributed by atoms with E-state index in [2.05, 4.69) is 16.4 Å². The van der Waals surface area contributed by atoms with Crippen molar-refractivity contribution < 1.29 is 4.79 Å². The summed E-state index contributed by atoms with van der Waals surface area (Å²) < 4.78 is 1.95. The van der Waals surface area contributed by atoms with E-state index >= 15 is 0 Å². The summed E-state index contributed by atoms with van der Waals surface area (Å²) in [5.74, 6) is 0.343. The molecular formula is C25H22ClN5O2S2. The molecule has 0 aliphatic carbocycles. The number of fused-ring (bicyclic) bond motifs is 1. The van der Waals surface area contributed by atoms with Crippen LogP contribution >= 0.6 is 35.6 Å². The standard InChI is InChI=1S/C25H22ClN5O2S2/c1-2-9-31-24(33)20(35-25(31)34)16-19-22(27-21-8-3-4-10-30(21)23(19)32)29-13-11-28(12-14-29)18-7-5-6-17(26)15-18/h2-8,10,15-16H,1,9,11-14H2/b20-16-. The van der Waals surface area contributed by atoms with E-state index in [4.69, 9.17) is 28.8 Å². The van der Waals surface area contributed by atoms with Crippen LogP contribution in [-0.2, 0) is 4.79 Å². The van der Waals surface area contributed by atoms with Crippen molar-refractivity contribution in [3.8, 4) is 0 Å². The molecular weight excluding hydrogens is 502 g/mol. The Hall–Kier alpha value is -3.14. The molecule has 0 bridgehead atoms. The van der Waals surface area contributed by atoms with Gasteiger partial charge in [-0.2, -0.15) is 0 Å². The maximum absolute atomic E-state index is 13.5. The molecule has 1 amide bonds. The quantitative estimate of drug-likeness (QED) is 0.284. The van der Waals surface area contributed by atoms with Crippen molar-refractivity contribution in [3.05, 3.63) is 87.2 Å². The first kappa shape index (κ1) is 23.6. The second-order valence-corrected chi connectivity index (χ2v) is 10.2. The molecule has 0 unspecified atom stereocenters. The number of thioether (sulfide) groups is 1. The SMILES string of the molecule is C=CCN1C(=O)/C(=C/c2c(N3CCN(c4cccc(Cl)c4)CC3)nc3ccccn3c2=O)SC1=S. The highest BCUT2D eigenvalue weighted by atomic mass is 35.5. The maximum atomic E-state index is 13.5. The molecule has 2 fully saturated rings. The number of aromatic nitrogens is 2. The van der Waals surface area contributed by atoms with Gasteiger partial charge in [-0.05, 0) is 36.4 Å². The van der Waals surface area contributed by atoms with Gasteiger partial charge in [-0.3, -0.25) is 18.9 Å². The van der Waals surface area contributed by atoms with Crippen LogP contribution in [0.3, 0.4) is 0 Å². The van der Waals surface area contributed by atoms with Crippen LogP contribution in [0.2, 0.25) is 5.02 Å². The second-order valence-electron chi connectivity index (χ2n) is 8.12. The van der Waals surface area contributed by atoms with E-state index in [1.54, 1.807) is 30.5 Å². The van der Waals surface area contributed by atoms with Gasteiger partial charge in [-0.25, -0.2) is 4.98 Å². The molecule has 5 rings (SSSR count). The number of amides is 1. The Morgan fingerprint density at radius 3 is 2.60 bits per heavy atom. The summed E-state index contributed by atoms with van der Waals surface area (Å²) in [6.07, 6.45) is 4.95. The van der Waals surface area contributed by atoms with Gasteiger partial charge in [-0.1, -0.05) is 53.8 Å². The zero-order valence-electron chi connectivity index (χ0n) is 18.8. The van der Waals surface area contributed by atoms with Crippen LogP contribution in [0, 0.1) is 0 Å². The van der Waals surface area contributed by atoms with E-state index in [0.29, 0.717) is 50.9 Å². The van der Waals surface area contributed by atoms with Gasteiger partial charge in [0, 0.05) is 49.6 Å². The Balaban J connectivity index is 1.52. The zero-order chi connectivity index (χ0) is 24.5. The highest BCUT2D eigenvalue weighted by Gasteiger charge is 2.32. The highest BCUT2D eigenvalue weighted by molar-refractivity contribution is 8.26. The van der Waals surface area contributed by atoms with Gasteiger partial charge in [0.15, 0.2) is 0 Å². The average Bonchev–Trinajstić information content (AvgIpc) is 3.13. The van der Waals surface area contributed by atoms with Crippen molar-refractivity contribution in [2.45, 2.75) is 0 Å². The summed E-state index contributed by atoms with van der Waals surface area (Å²) in [5.41, 5.74) is 1.77. The first-order chi connectivity index (χ1) is 17.0. The lowest BCUT2D eigenvalue weighted by molar-refractivity contribution is -0.121. The van der Waals surface area contributed by atoms with Crippen molar-refractivity contribution >= 4 is 69.0 Å². The number of pyridine rings is 1. The molecule has 2 saturated heterocycles. The molecule has 3 aromatic rings. The van der Waals surface area contributed by atoms with E-state index in [0.717, 1.165) is 18.8 Å². The van der Waals surface area contributed by atoms with Crippen molar-refractivity contribution in [2.24, 2.45) is 0 Å². The van der Waals surface area contributed by atoms with Crippen LogP contribution in [0.5, 0.6) is 0 Å². The minimum atomic E-state index is -0.228. The fraction of sp³-hybridized carbons (Fsp3) is 0.200. The molecule has 0 saturated carbocycles. The molecule has 4 heterocycles. The summed E-state index contributed by atoms with van der Waals surface area (Å²) in [4.78, 5) is 37.6. The zero-order valence-corrected chi connectivity index (χ0v) is 21.2. The normalized spacial score (nSPS) is 17.6. The summed E-state index contributed by atoms with van der Waals surface area (Å²) >= 11 is 12.7. The predicted molar refractivity (Wildman–Crippen MR) is 147 cm³/mol. The number of carbonyl (C=O) groups excluding carboxylic acids is 1. The van der Waals surface area contributed by atoms with Gasteiger partial charge in [-0.15, -0.1) is 6.58 Å². The average molecular weight is 524 g/mol. The van der Waals surface area contributed by atoms with Gasteiger partial charge >= 0.3 is 0 Å². The molecule has 0 radical (unpaired) electrons. The van der Waals surface area contributed by atoms with Gasteiger partial charge < -0.3 is 9.80 Å². The smallest absolute Gasteiger partial charge is 0.267 e. The Morgan fingerprint density at radius 1 is 1.09 bits per heavy atom. The molecule has 2 aliphatic rings. The maximum Gasteiger partial charge on any atom is 0.267 e. The summed E-state index contributed by atoms with van der Waals surface area (Å²) in [5, 5.41) is 0.699. The van der Waals surface area contributed by atoms with Crippen LogP contribution in [0.25, 0.3) is 11.7 Å². The third-order valence-electron chi connectivity index (χ3n) is 5.96. The molecule has 0 N–H and O–H groups in total. The number of hydrogen-bond donors (Lipinski definition) is 0. The molecule has 35 heavy (non-hydrogen) atoms. The van der Waals surface area contributed by atoms with E-state index in [9.17, 15) is 9.59 Å². The fourth-order valence-corrected chi connectivity index (χ4v) is 5.67. The van der Waals surface area contributed by atoms with Crippen LogP contribution < -0.4 is 15.4 Å². The van der Waals surface area contributed by atoms with Gasteiger partial charge in [0.2, 0.25) is 0 Å². The molecule has 178 valence electrons. The summed E-state index contributed by atoms with van der Waals surface area (Å²) in [6, 6.07) is 13.2. The van der Waals surface area contributed by atoms with Crippen molar-refractivity contribution in [1.82, 2.24) is 14.3 Å². The molecule has 7 nitrogen and oxygen atoms in total. The number of hydrogen-bond acceptors (Lipinski definition) is 7. The van der Waals surface area contributed by atoms with Crippen molar-refractivity contribution in [3.63, 3.8) is 0 Å². The largest absolute Gasteiger partial charge is 0.368 e. The number of halogens is 1. The number of anilines is 2. The minimum absolute atomic E-state index is 0.225. The predicted octanol–water partition coefficient (Wildman–Crippen LogP) is 4.06. The van der Waals surface area contributed by atoms with Gasteiger partial charge in [0.05, 0.1) is 10.5 Å². The Morgan fingerprint density at radius 2 is 1.86 bits per heavy atom. The molecule has 2 aromatic heterocycles. The monoisotopic (exact) mass is 523 g/mol. The number of thiocarbonyl (C=S) groups is 1. The van der Waals surface area contributed by atoms with Crippen LogP contribution in [0.4, 0.5) is 11.5 Å². The van der Waals surface area contributed by atoms with Crippen molar-refractivity contribution in [1.29, 1.82) is 0 Å². The Kier molecular flexibility index (Phi) is 6.64. The van der Waals surface area contributed by atoms with E-state index in [-0.39, 0.29) is 11.5 Å². The summed E-state index contributed by atoms with van der Waals surface area (Å²) in [6.45, 7) is 6.85. The van der Waals surface area contributed by atoms with Crippen LogP contribution in [0.1, 0.15) is 5.56 Å². The second kappa shape index (κ2) is 9.85. The lowest BCUT2D eigenvalue weighted by Crippen LogP contribution is -2.47. The first-order valence-corrected chi connectivity index (χ1v) is 12.7. The summed E-state index contributed by atoms with van der Waals surface area (Å²) in [7, 11) is 0. The van der Waals surface area contributed by atoms with E-state index < -0.39 is 0 Å². The Labute approximate surface area is 217 Å². The van der Waals surface area contributed by atoms with Gasteiger partial charge in [0.25, 0.3) is 11.5 Å². The number of piperazine rings is 1. The number of rotatable bonds is 5. The van der Waals surface area contributed by atoms with Gasteiger partial charge in [0.1, 0.15) is 15.8 Å². The topological polar surface area (TPSA) is 61.2 Å². The van der Waals surface area contributed by atoms with Crippen LogP contribution in [-0.4, -0.2) is 57.2 Å². The molecule has 2 aliphatic heterocycles. The lowest BCUT2D eigenvalue weighted by atomic mass is 10.2. The number of nitrogens with zero attached hydrogens (tertiary/aromatic N) is 5. The lowest BCUT2D eigenvalue weighted by Gasteiger charge is -2.37. The highest BCUT2D eigenvalue weighted by Crippen LogP contribution is 2.33. The molecule has 0 atom stereocenters. The molecule has 10 heteroatoms. The third-order valence-corrected chi connectivity index (χ3v) is 7.58. The minimum Gasteiger partial charge on any atom is -0.368 e. The molecule has 1 aromatic carbocycles. The number of carbonyl (C=O) groups is 1. The van der Waals surface area contributed by atoms with Crippen molar-refractivity contribution in [2.75, 3.05) is 42.5 Å². The Bertz CT molecular complexity index is 1430. The van der Waals surface area contributed by atoms with E-state index in [1.165, 1.54) is 21.1 Å². The first-order valence-electron chi connectivity index (χ1n) is 11.1. The number of benzene rings is 1. The molecule has 0 spiro atoms. The van der Waals surface area contributed by atoms with Crippen LogP contribution in [0.15, 0.2) is 71.0 Å². The third kappa shape index (κ3) is 4.59. The fourth-order valence-electron chi connectivity index (χ4n) is 4.23. The van der Waals surface area contributed by atoms with E-state index in [1.807, 2.05) is 30.3 Å².